The minimum Gasteiger partial charge on any atom is -0.496 e. The lowest BCUT2D eigenvalue weighted by Crippen LogP contribution is -2.17. The first kappa shape index (κ1) is 16.4. The highest BCUT2D eigenvalue weighted by molar-refractivity contribution is 7.17. The van der Waals surface area contributed by atoms with Crippen LogP contribution in [-0.2, 0) is 0 Å². The number of nitrogens with one attached hydrogen (secondary N) is 1. The molecule has 25 heavy (non-hydrogen) atoms. The van der Waals surface area contributed by atoms with E-state index >= 15 is 0 Å². The van der Waals surface area contributed by atoms with Crippen molar-refractivity contribution < 1.29 is 9.13 Å². The molecule has 1 aliphatic carbocycles. The minimum atomic E-state index is -0.311. The molecule has 0 spiro atoms. The molecule has 0 bridgehead atoms. The summed E-state index contributed by atoms with van der Waals surface area (Å²) in [5, 5.41) is 3.65. The number of hydrogen-bond acceptors (Lipinski definition) is 4. The molecular weight excluding hydrogens is 337 g/mol. The molecule has 0 aliphatic heterocycles. The zero-order valence-corrected chi connectivity index (χ0v) is 15.5. The number of nitrogens with zero attached hydrogens (tertiary/aromatic N) is 2. The van der Waals surface area contributed by atoms with Crippen molar-refractivity contribution in [2.75, 3.05) is 12.4 Å². The van der Waals surface area contributed by atoms with Crippen LogP contribution < -0.4 is 10.1 Å². The zero-order valence-electron chi connectivity index (χ0n) is 14.7. The number of halogens is 1. The lowest BCUT2D eigenvalue weighted by molar-refractivity contribution is 0.413. The Bertz CT molecular complexity index is 925. The highest BCUT2D eigenvalue weighted by Crippen LogP contribution is 2.40. The molecule has 4 rings (SSSR count). The summed E-state index contributed by atoms with van der Waals surface area (Å²) >= 11 is 1.63. The fourth-order valence-corrected chi connectivity index (χ4v) is 4.59. The smallest absolute Gasteiger partial charge is 0.196 e. The number of rotatable bonds is 4. The van der Waals surface area contributed by atoms with Crippen molar-refractivity contribution in [1.29, 1.82) is 0 Å². The molecule has 1 aliphatic rings. The molecule has 1 saturated carbocycles. The molecular formula is C19H22FN3OS. The van der Waals surface area contributed by atoms with Crippen LogP contribution in [0.3, 0.4) is 0 Å². The van der Waals surface area contributed by atoms with Gasteiger partial charge in [0.05, 0.1) is 12.7 Å². The van der Waals surface area contributed by atoms with Crippen LogP contribution in [0.4, 0.5) is 10.2 Å². The minimum absolute atomic E-state index is 0.311. The first-order valence-electron chi connectivity index (χ1n) is 8.68. The maximum absolute atomic E-state index is 14.7. The molecule has 4 nitrogen and oxygen atoms in total. The first-order chi connectivity index (χ1) is 12.1. The van der Waals surface area contributed by atoms with Gasteiger partial charge in [-0.1, -0.05) is 18.9 Å². The molecule has 2 aromatic heterocycles. The van der Waals surface area contributed by atoms with Crippen LogP contribution in [0.1, 0.15) is 36.3 Å². The summed E-state index contributed by atoms with van der Waals surface area (Å²) in [6.07, 6.45) is 4.76. The molecule has 132 valence electrons. The first-order valence-corrected chi connectivity index (χ1v) is 9.49. The predicted molar refractivity (Wildman–Crippen MR) is 100 cm³/mol. The standard InChI is InChI=1S/C19H22FN3OS/c1-11-12(2)25-19-22-17(16-14(20)9-6-10-15(16)24-3)18(23(11)19)21-13-7-4-5-8-13/h6,9-10,13,21H,4-5,7-8H2,1-3H3. The van der Waals surface area contributed by atoms with E-state index in [4.69, 9.17) is 9.72 Å². The molecule has 1 aromatic carbocycles. The number of imidazole rings is 1. The topological polar surface area (TPSA) is 38.6 Å². The van der Waals surface area contributed by atoms with Gasteiger partial charge >= 0.3 is 0 Å². The molecule has 0 amide bonds. The average molecular weight is 359 g/mol. The monoisotopic (exact) mass is 359 g/mol. The second kappa shape index (κ2) is 6.33. The van der Waals surface area contributed by atoms with Crippen LogP contribution in [-0.4, -0.2) is 22.5 Å². The summed E-state index contributed by atoms with van der Waals surface area (Å²) < 4.78 is 22.2. The third kappa shape index (κ3) is 2.68. The summed E-state index contributed by atoms with van der Waals surface area (Å²) in [7, 11) is 1.57. The van der Waals surface area contributed by atoms with E-state index in [1.807, 2.05) is 0 Å². The van der Waals surface area contributed by atoms with Gasteiger partial charge in [-0.3, -0.25) is 4.40 Å². The molecule has 0 radical (unpaired) electrons. The Morgan fingerprint density at radius 3 is 2.76 bits per heavy atom. The van der Waals surface area contributed by atoms with Crippen LogP contribution in [0.15, 0.2) is 18.2 Å². The summed E-state index contributed by atoms with van der Waals surface area (Å²) in [5.41, 5.74) is 2.21. The van der Waals surface area contributed by atoms with Crippen molar-refractivity contribution in [3.63, 3.8) is 0 Å². The highest BCUT2D eigenvalue weighted by atomic mass is 32.1. The van der Waals surface area contributed by atoms with Crippen molar-refractivity contribution in [3.05, 3.63) is 34.6 Å². The van der Waals surface area contributed by atoms with Crippen molar-refractivity contribution >= 4 is 22.1 Å². The molecule has 2 heterocycles. The van der Waals surface area contributed by atoms with E-state index in [1.54, 1.807) is 30.6 Å². The van der Waals surface area contributed by atoms with E-state index in [2.05, 4.69) is 23.6 Å². The van der Waals surface area contributed by atoms with Gasteiger partial charge in [0.1, 0.15) is 23.1 Å². The van der Waals surface area contributed by atoms with Crippen LogP contribution >= 0.6 is 11.3 Å². The van der Waals surface area contributed by atoms with Crippen molar-refractivity contribution in [2.45, 2.75) is 45.6 Å². The lowest BCUT2D eigenvalue weighted by Gasteiger charge is -2.16. The van der Waals surface area contributed by atoms with Crippen LogP contribution in [0.5, 0.6) is 5.75 Å². The Hall–Kier alpha value is -2.08. The van der Waals surface area contributed by atoms with Gasteiger partial charge in [-0.25, -0.2) is 9.37 Å². The number of benzene rings is 1. The van der Waals surface area contributed by atoms with Gasteiger partial charge in [0.2, 0.25) is 0 Å². The molecule has 0 unspecified atom stereocenters. The SMILES string of the molecule is COc1cccc(F)c1-c1nc2sc(C)c(C)n2c1NC1CCCC1. The molecule has 0 saturated heterocycles. The van der Waals surface area contributed by atoms with Crippen molar-refractivity contribution in [1.82, 2.24) is 9.38 Å². The van der Waals surface area contributed by atoms with Gasteiger partial charge in [0, 0.05) is 16.6 Å². The number of anilines is 1. The van der Waals surface area contributed by atoms with Gasteiger partial charge in [-0.2, -0.15) is 0 Å². The van der Waals surface area contributed by atoms with Gasteiger partial charge in [-0.05, 0) is 38.8 Å². The number of fused-ring (bicyclic) bond motifs is 1. The van der Waals surface area contributed by atoms with Crippen LogP contribution in [0.25, 0.3) is 16.2 Å². The number of thiazole rings is 1. The molecule has 1 N–H and O–H groups in total. The molecule has 1 fully saturated rings. The Labute approximate surface area is 150 Å². The highest BCUT2D eigenvalue weighted by Gasteiger charge is 2.26. The van der Waals surface area contributed by atoms with Crippen molar-refractivity contribution in [3.8, 4) is 17.0 Å². The fourth-order valence-electron chi connectivity index (χ4n) is 3.62. The Morgan fingerprint density at radius 2 is 2.04 bits per heavy atom. The number of ether oxygens (including phenoxy) is 1. The van der Waals surface area contributed by atoms with E-state index in [1.165, 1.54) is 23.8 Å². The number of hydrogen-bond donors (Lipinski definition) is 1. The molecule has 0 atom stereocenters. The van der Waals surface area contributed by atoms with Crippen LogP contribution in [0, 0.1) is 19.7 Å². The Morgan fingerprint density at radius 1 is 1.28 bits per heavy atom. The summed E-state index contributed by atoms with van der Waals surface area (Å²) in [6, 6.07) is 5.32. The Balaban J connectivity index is 1.94. The van der Waals surface area contributed by atoms with Crippen molar-refractivity contribution in [2.24, 2.45) is 0 Å². The predicted octanol–water partition coefficient (Wildman–Crippen LogP) is 5.18. The molecule has 6 heteroatoms. The second-order valence-corrected chi connectivity index (χ2v) is 7.80. The third-order valence-corrected chi connectivity index (χ3v) is 6.12. The van der Waals surface area contributed by atoms with Gasteiger partial charge in [-0.15, -0.1) is 11.3 Å². The maximum Gasteiger partial charge on any atom is 0.196 e. The normalized spacial score (nSPS) is 15.2. The molecule has 3 aromatic rings. The number of methoxy groups -OCH3 is 1. The maximum atomic E-state index is 14.7. The number of aromatic nitrogens is 2. The summed E-state index contributed by atoms with van der Waals surface area (Å²) in [4.78, 5) is 6.89. The van der Waals surface area contributed by atoms with Gasteiger partial charge in [0.15, 0.2) is 4.96 Å². The van der Waals surface area contributed by atoms with E-state index in [9.17, 15) is 4.39 Å². The largest absolute Gasteiger partial charge is 0.496 e. The number of aryl methyl sites for hydroxylation is 2. The summed E-state index contributed by atoms with van der Waals surface area (Å²) in [6.45, 7) is 4.18. The second-order valence-electron chi connectivity index (χ2n) is 6.61. The zero-order chi connectivity index (χ0) is 17.6. The third-order valence-electron chi connectivity index (χ3n) is 5.06. The van der Waals surface area contributed by atoms with E-state index in [-0.39, 0.29) is 5.82 Å². The van der Waals surface area contributed by atoms with E-state index < -0.39 is 0 Å². The lowest BCUT2D eigenvalue weighted by atomic mass is 10.1. The van der Waals surface area contributed by atoms with Crippen LogP contribution in [0.2, 0.25) is 0 Å². The van der Waals surface area contributed by atoms with Gasteiger partial charge < -0.3 is 10.1 Å². The Kier molecular flexibility index (Phi) is 4.15. The van der Waals surface area contributed by atoms with E-state index in [0.29, 0.717) is 23.0 Å². The average Bonchev–Trinajstić information content (AvgIpc) is 3.28. The van der Waals surface area contributed by atoms with Gasteiger partial charge in [0.25, 0.3) is 0 Å². The van der Waals surface area contributed by atoms with E-state index in [0.717, 1.165) is 29.3 Å². The fraction of sp³-hybridized carbons (Fsp3) is 0.421. The summed E-state index contributed by atoms with van der Waals surface area (Å²) in [5.74, 6) is 1.08. The quantitative estimate of drug-likeness (QED) is 0.697.